The van der Waals surface area contributed by atoms with Crippen molar-refractivity contribution < 1.29 is 9.53 Å². The van der Waals surface area contributed by atoms with E-state index in [4.69, 9.17) is 0 Å². The molecule has 0 amide bonds. The van der Waals surface area contributed by atoms with Crippen molar-refractivity contribution >= 4 is 5.97 Å². The molecule has 9 heavy (non-hydrogen) atoms. The summed E-state index contributed by atoms with van der Waals surface area (Å²) in [4.78, 5) is 10.7. The Bertz CT molecular complexity index is 88.9. The number of carbonyl (C=O) groups is 1. The summed E-state index contributed by atoms with van der Waals surface area (Å²) in [7, 11) is 1.43. The Morgan fingerprint density at radius 1 is 1.67 bits per heavy atom. The highest BCUT2D eigenvalue weighted by Gasteiger charge is 2.10. The first-order chi connectivity index (χ1) is 4.22. The predicted octanol–water partition coefficient (Wildman–Crippen LogP) is 1.60. The molecule has 0 aliphatic carbocycles. The lowest BCUT2D eigenvalue weighted by molar-refractivity contribution is -0.145. The molecule has 0 fully saturated rings. The summed E-state index contributed by atoms with van der Waals surface area (Å²) in [5.74, 6) is -0.0307. The van der Waals surface area contributed by atoms with E-state index in [0.29, 0.717) is 0 Å². The number of hydrogen-bond donors (Lipinski definition) is 0. The molecule has 0 rings (SSSR count). The van der Waals surface area contributed by atoms with E-state index in [0.717, 1.165) is 12.8 Å². The monoisotopic (exact) mass is 130 g/mol. The molecule has 0 heterocycles. The minimum atomic E-state index is -0.100. The standard InChI is InChI=1S/C7H14O2/c1-4-5-6(2)7(8)9-3/h6H,4-5H2,1-3H3. The van der Waals surface area contributed by atoms with Crippen LogP contribution in [0.1, 0.15) is 26.7 Å². The Morgan fingerprint density at radius 2 is 2.22 bits per heavy atom. The molecule has 0 saturated carbocycles. The number of ether oxygens (including phenoxy) is 1. The molecule has 1 unspecified atom stereocenters. The summed E-state index contributed by atoms with van der Waals surface area (Å²) in [6.07, 6.45) is 1.96. The van der Waals surface area contributed by atoms with Crippen LogP contribution >= 0.6 is 0 Å². The average molecular weight is 130 g/mol. The molecule has 0 radical (unpaired) electrons. The van der Waals surface area contributed by atoms with Crippen molar-refractivity contribution in [2.45, 2.75) is 26.7 Å². The molecule has 0 aromatic rings. The van der Waals surface area contributed by atoms with Gasteiger partial charge in [0, 0.05) is 0 Å². The number of methoxy groups -OCH3 is 1. The topological polar surface area (TPSA) is 26.3 Å². The third-order valence-corrected chi connectivity index (χ3v) is 1.33. The van der Waals surface area contributed by atoms with Gasteiger partial charge in [-0.15, -0.1) is 0 Å². The molecule has 0 aromatic carbocycles. The molecule has 1 atom stereocenters. The normalized spacial score (nSPS) is 12.8. The van der Waals surface area contributed by atoms with E-state index in [1.54, 1.807) is 0 Å². The summed E-state index contributed by atoms with van der Waals surface area (Å²) in [5.41, 5.74) is 0. The summed E-state index contributed by atoms with van der Waals surface area (Å²) in [5, 5.41) is 0. The Hall–Kier alpha value is -0.530. The molecule has 0 aliphatic heterocycles. The van der Waals surface area contributed by atoms with Crippen LogP contribution in [-0.4, -0.2) is 13.1 Å². The Kier molecular flexibility index (Phi) is 4.10. The quantitative estimate of drug-likeness (QED) is 0.542. The highest BCUT2D eigenvalue weighted by Crippen LogP contribution is 2.05. The van der Waals surface area contributed by atoms with Gasteiger partial charge < -0.3 is 4.74 Å². The van der Waals surface area contributed by atoms with Crippen molar-refractivity contribution in [1.29, 1.82) is 0 Å². The molecule has 0 saturated heterocycles. The minimum Gasteiger partial charge on any atom is -0.469 e. The van der Waals surface area contributed by atoms with Crippen LogP contribution in [0.25, 0.3) is 0 Å². The van der Waals surface area contributed by atoms with Gasteiger partial charge in [-0.25, -0.2) is 0 Å². The molecule has 0 aliphatic rings. The number of esters is 1. The van der Waals surface area contributed by atoms with Crippen LogP contribution in [0.5, 0.6) is 0 Å². The highest BCUT2D eigenvalue weighted by atomic mass is 16.5. The fraction of sp³-hybridized carbons (Fsp3) is 0.857. The van der Waals surface area contributed by atoms with Crippen LogP contribution in [0.4, 0.5) is 0 Å². The van der Waals surface area contributed by atoms with E-state index < -0.39 is 0 Å². The van der Waals surface area contributed by atoms with E-state index in [1.165, 1.54) is 7.11 Å². The first kappa shape index (κ1) is 8.47. The third-order valence-electron chi connectivity index (χ3n) is 1.33. The Labute approximate surface area is 56.2 Å². The second kappa shape index (κ2) is 4.36. The SMILES string of the molecule is CCCC(C)C(=O)OC. The molecule has 2 nitrogen and oxygen atoms in total. The van der Waals surface area contributed by atoms with Gasteiger partial charge in [0.25, 0.3) is 0 Å². The molecule has 0 N–H and O–H groups in total. The second-order valence-corrected chi connectivity index (χ2v) is 2.21. The van der Waals surface area contributed by atoms with Crippen molar-refractivity contribution in [3.63, 3.8) is 0 Å². The summed E-state index contributed by atoms with van der Waals surface area (Å²) in [6.45, 7) is 3.94. The number of hydrogen-bond acceptors (Lipinski definition) is 2. The maximum Gasteiger partial charge on any atom is 0.308 e. The largest absolute Gasteiger partial charge is 0.469 e. The van der Waals surface area contributed by atoms with Crippen LogP contribution in [0.15, 0.2) is 0 Å². The van der Waals surface area contributed by atoms with Crippen molar-refractivity contribution in [3.05, 3.63) is 0 Å². The third kappa shape index (κ3) is 3.12. The van der Waals surface area contributed by atoms with Crippen LogP contribution in [0, 0.1) is 5.92 Å². The van der Waals surface area contributed by atoms with Crippen molar-refractivity contribution in [2.75, 3.05) is 7.11 Å². The lowest BCUT2D eigenvalue weighted by atomic mass is 10.1. The molecular formula is C7H14O2. The van der Waals surface area contributed by atoms with E-state index in [-0.39, 0.29) is 11.9 Å². The zero-order valence-corrected chi connectivity index (χ0v) is 6.31. The van der Waals surface area contributed by atoms with Crippen molar-refractivity contribution in [2.24, 2.45) is 5.92 Å². The Morgan fingerprint density at radius 3 is 2.56 bits per heavy atom. The Balaban J connectivity index is 3.45. The molecule has 54 valence electrons. The molecule has 0 bridgehead atoms. The first-order valence-electron chi connectivity index (χ1n) is 3.30. The van der Waals surface area contributed by atoms with Gasteiger partial charge >= 0.3 is 5.97 Å². The van der Waals surface area contributed by atoms with E-state index in [9.17, 15) is 4.79 Å². The van der Waals surface area contributed by atoms with Crippen LogP contribution in [-0.2, 0) is 9.53 Å². The molecular weight excluding hydrogens is 116 g/mol. The summed E-state index contributed by atoms with van der Waals surface area (Å²) in [6, 6.07) is 0. The van der Waals surface area contributed by atoms with Crippen LogP contribution in [0.2, 0.25) is 0 Å². The minimum absolute atomic E-state index is 0.0694. The second-order valence-electron chi connectivity index (χ2n) is 2.21. The lowest BCUT2D eigenvalue weighted by Crippen LogP contribution is -2.11. The zero-order valence-electron chi connectivity index (χ0n) is 6.31. The summed E-state index contributed by atoms with van der Waals surface area (Å²) < 4.78 is 4.53. The van der Waals surface area contributed by atoms with Crippen LogP contribution in [0.3, 0.4) is 0 Å². The number of rotatable bonds is 3. The summed E-state index contributed by atoms with van der Waals surface area (Å²) >= 11 is 0. The fourth-order valence-corrected chi connectivity index (χ4v) is 0.752. The zero-order chi connectivity index (χ0) is 7.28. The molecule has 0 aromatic heterocycles. The van der Waals surface area contributed by atoms with Gasteiger partial charge in [-0.05, 0) is 6.42 Å². The van der Waals surface area contributed by atoms with Gasteiger partial charge in [0.1, 0.15) is 0 Å². The first-order valence-corrected chi connectivity index (χ1v) is 3.30. The van der Waals surface area contributed by atoms with Crippen molar-refractivity contribution in [1.82, 2.24) is 0 Å². The average Bonchev–Trinajstić information content (AvgIpc) is 1.87. The molecule has 2 heteroatoms. The maximum absolute atomic E-state index is 10.7. The van der Waals surface area contributed by atoms with Gasteiger partial charge in [0.15, 0.2) is 0 Å². The highest BCUT2D eigenvalue weighted by molar-refractivity contribution is 5.71. The van der Waals surface area contributed by atoms with E-state index in [2.05, 4.69) is 11.7 Å². The van der Waals surface area contributed by atoms with Crippen LogP contribution < -0.4 is 0 Å². The van der Waals surface area contributed by atoms with Gasteiger partial charge in [0.05, 0.1) is 13.0 Å². The fourth-order valence-electron chi connectivity index (χ4n) is 0.752. The van der Waals surface area contributed by atoms with E-state index >= 15 is 0 Å². The van der Waals surface area contributed by atoms with Gasteiger partial charge in [0.2, 0.25) is 0 Å². The van der Waals surface area contributed by atoms with E-state index in [1.807, 2.05) is 6.92 Å². The lowest BCUT2D eigenvalue weighted by Gasteiger charge is -2.05. The van der Waals surface area contributed by atoms with Gasteiger partial charge in [-0.1, -0.05) is 20.3 Å². The van der Waals surface area contributed by atoms with Gasteiger partial charge in [-0.3, -0.25) is 4.79 Å². The van der Waals surface area contributed by atoms with Crippen molar-refractivity contribution in [3.8, 4) is 0 Å². The molecule has 0 spiro atoms. The smallest absolute Gasteiger partial charge is 0.308 e. The maximum atomic E-state index is 10.7. The number of carbonyl (C=O) groups excluding carboxylic acids is 1. The predicted molar refractivity (Wildman–Crippen MR) is 36.1 cm³/mol. The van der Waals surface area contributed by atoms with Gasteiger partial charge in [-0.2, -0.15) is 0 Å².